The molecule has 0 spiro atoms. The lowest BCUT2D eigenvalue weighted by molar-refractivity contribution is 0.199. The molecule has 0 radical (unpaired) electrons. The molecule has 0 saturated carbocycles. The molecule has 0 aliphatic rings. The topological polar surface area (TPSA) is 39.1 Å². The maximum atomic E-state index is 5.01. The second-order valence-electron chi connectivity index (χ2n) is 4.90. The molecule has 0 aliphatic carbocycles. The van der Waals surface area contributed by atoms with Crippen LogP contribution in [0.2, 0.25) is 0 Å². The van der Waals surface area contributed by atoms with E-state index >= 15 is 0 Å². The molecule has 0 atom stereocenters. The molecule has 1 N–H and O–H groups in total. The number of ether oxygens (including phenoxy) is 1. The third-order valence-corrected chi connectivity index (χ3v) is 3.44. The molecule has 0 saturated heterocycles. The van der Waals surface area contributed by atoms with Gasteiger partial charge in [0.2, 0.25) is 0 Å². The van der Waals surface area contributed by atoms with Crippen LogP contribution in [0, 0.1) is 13.8 Å². The second kappa shape index (κ2) is 8.12. The van der Waals surface area contributed by atoms with E-state index in [0.717, 1.165) is 44.8 Å². The van der Waals surface area contributed by atoms with Gasteiger partial charge in [-0.25, -0.2) is 0 Å². The number of hydrogen-bond donors (Lipinski definition) is 1. The summed E-state index contributed by atoms with van der Waals surface area (Å²) in [6.45, 7) is 13.9. The van der Waals surface area contributed by atoms with E-state index in [1.165, 1.54) is 16.8 Å². The molecule has 0 bridgehead atoms. The van der Waals surface area contributed by atoms with Crippen molar-refractivity contribution in [1.29, 1.82) is 0 Å². The van der Waals surface area contributed by atoms with E-state index in [0.29, 0.717) is 0 Å². The molecule has 1 heterocycles. The Bertz CT molecular complexity index is 410. The van der Waals surface area contributed by atoms with Crippen LogP contribution < -0.4 is 5.32 Å². The molecule has 4 heteroatoms. The highest BCUT2D eigenvalue weighted by molar-refractivity contribution is 5.25. The molecular formula is C15H27N3O. The van der Waals surface area contributed by atoms with Crippen molar-refractivity contribution in [2.75, 3.05) is 26.8 Å². The van der Waals surface area contributed by atoms with Crippen molar-refractivity contribution in [3.63, 3.8) is 0 Å². The Kier molecular flexibility index (Phi) is 6.81. The van der Waals surface area contributed by atoms with Crippen molar-refractivity contribution in [3.8, 4) is 0 Å². The highest BCUT2D eigenvalue weighted by atomic mass is 16.5. The van der Waals surface area contributed by atoms with Crippen LogP contribution in [0.25, 0.3) is 0 Å². The quantitative estimate of drug-likeness (QED) is 0.550. The number of nitrogens with zero attached hydrogens (tertiary/aromatic N) is 2. The monoisotopic (exact) mass is 265 g/mol. The van der Waals surface area contributed by atoms with Gasteiger partial charge in [0.15, 0.2) is 0 Å². The van der Waals surface area contributed by atoms with Crippen LogP contribution in [0.15, 0.2) is 12.2 Å². The van der Waals surface area contributed by atoms with Gasteiger partial charge in [-0.15, -0.1) is 0 Å². The smallest absolute Gasteiger partial charge is 0.0629 e. The summed E-state index contributed by atoms with van der Waals surface area (Å²) in [5.74, 6) is 0. The van der Waals surface area contributed by atoms with Crippen LogP contribution in [-0.2, 0) is 17.7 Å². The van der Waals surface area contributed by atoms with Crippen molar-refractivity contribution >= 4 is 0 Å². The Morgan fingerprint density at radius 2 is 2.11 bits per heavy atom. The number of rotatable bonds is 9. The average Bonchev–Trinajstić information content (AvgIpc) is 2.65. The van der Waals surface area contributed by atoms with Gasteiger partial charge in [-0.05, 0) is 38.8 Å². The van der Waals surface area contributed by atoms with Gasteiger partial charge in [-0.2, -0.15) is 5.10 Å². The first kappa shape index (κ1) is 15.9. The molecular weight excluding hydrogens is 238 g/mol. The number of nitrogens with one attached hydrogen (secondary N) is 1. The molecule has 4 nitrogen and oxygen atoms in total. The summed E-state index contributed by atoms with van der Waals surface area (Å²) < 4.78 is 7.09. The van der Waals surface area contributed by atoms with Gasteiger partial charge in [-0.3, -0.25) is 4.68 Å². The van der Waals surface area contributed by atoms with Crippen LogP contribution in [0.5, 0.6) is 0 Å². The Balaban J connectivity index is 2.56. The fourth-order valence-corrected chi connectivity index (χ4v) is 2.09. The fourth-order valence-electron chi connectivity index (χ4n) is 2.09. The summed E-state index contributed by atoms with van der Waals surface area (Å²) in [5.41, 5.74) is 4.97. The predicted octanol–water partition coefficient (Wildman–Crippen LogP) is 2.24. The number of allylic oxidation sites excluding steroid dienone is 1. The maximum Gasteiger partial charge on any atom is 0.0629 e. The molecule has 0 fully saturated rings. The van der Waals surface area contributed by atoms with Crippen molar-refractivity contribution < 1.29 is 4.74 Å². The van der Waals surface area contributed by atoms with Gasteiger partial charge in [0.05, 0.1) is 18.8 Å². The van der Waals surface area contributed by atoms with Crippen LogP contribution in [0.3, 0.4) is 0 Å². The summed E-state index contributed by atoms with van der Waals surface area (Å²) in [7, 11) is 1.72. The largest absolute Gasteiger partial charge is 0.383 e. The second-order valence-corrected chi connectivity index (χ2v) is 4.90. The summed E-state index contributed by atoms with van der Waals surface area (Å²) in [4.78, 5) is 0. The van der Waals surface area contributed by atoms with Gasteiger partial charge < -0.3 is 10.1 Å². The lowest BCUT2D eigenvalue weighted by Crippen LogP contribution is -2.22. The minimum Gasteiger partial charge on any atom is -0.383 e. The van der Waals surface area contributed by atoms with Gasteiger partial charge in [0.25, 0.3) is 0 Å². The van der Waals surface area contributed by atoms with Crippen LogP contribution in [0.1, 0.15) is 30.3 Å². The number of hydrogen-bond acceptors (Lipinski definition) is 3. The summed E-state index contributed by atoms with van der Waals surface area (Å²) in [6.07, 6.45) is 2.02. The molecule has 1 aromatic heterocycles. The van der Waals surface area contributed by atoms with E-state index in [1.54, 1.807) is 7.11 Å². The molecule has 0 amide bonds. The lowest BCUT2D eigenvalue weighted by atomic mass is 10.1. The van der Waals surface area contributed by atoms with Crippen LogP contribution >= 0.6 is 0 Å². The Hall–Kier alpha value is -1.13. The van der Waals surface area contributed by atoms with Crippen molar-refractivity contribution in [2.24, 2.45) is 0 Å². The van der Waals surface area contributed by atoms with E-state index in [2.05, 4.69) is 42.4 Å². The Morgan fingerprint density at radius 1 is 1.37 bits per heavy atom. The normalized spacial score (nSPS) is 10.9. The van der Waals surface area contributed by atoms with Crippen molar-refractivity contribution in [1.82, 2.24) is 15.1 Å². The van der Waals surface area contributed by atoms with E-state index in [4.69, 9.17) is 4.74 Å². The predicted molar refractivity (Wildman–Crippen MR) is 79.6 cm³/mol. The molecule has 19 heavy (non-hydrogen) atoms. The lowest BCUT2D eigenvalue weighted by Gasteiger charge is -2.07. The summed E-state index contributed by atoms with van der Waals surface area (Å²) >= 11 is 0. The van der Waals surface area contributed by atoms with E-state index in [1.807, 2.05) is 0 Å². The zero-order valence-electron chi connectivity index (χ0n) is 12.8. The third-order valence-electron chi connectivity index (χ3n) is 3.44. The van der Waals surface area contributed by atoms with Crippen molar-refractivity contribution in [2.45, 2.75) is 40.2 Å². The first-order chi connectivity index (χ1) is 9.10. The van der Waals surface area contributed by atoms with Crippen LogP contribution in [0.4, 0.5) is 0 Å². The zero-order chi connectivity index (χ0) is 14.3. The van der Waals surface area contributed by atoms with E-state index < -0.39 is 0 Å². The van der Waals surface area contributed by atoms with E-state index in [9.17, 15) is 0 Å². The standard InChI is InChI=1S/C15H27N3O/c1-6-12(2)11-18-14(4)15(13(3)17-18)7-8-16-9-10-19-5/h16H,2,6-11H2,1,3-5H3. The van der Waals surface area contributed by atoms with E-state index in [-0.39, 0.29) is 0 Å². The number of methoxy groups -OCH3 is 1. The Labute approximate surface area is 116 Å². The maximum absolute atomic E-state index is 5.01. The molecule has 0 unspecified atom stereocenters. The molecule has 0 aliphatic heterocycles. The molecule has 0 aromatic carbocycles. The molecule has 1 rings (SSSR count). The van der Waals surface area contributed by atoms with Crippen LogP contribution in [-0.4, -0.2) is 36.6 Å². The minimum absolute atomic E-state index is 0.757. The summed E-state index contributed by atoms with van der Waals surface area (Å²) in [5, 5.41) is 7.99. The first-order valence-electron chi connectivity index (χ1n) is 6.99. The average molecular weight is 265 g/mol. The Morgan fingerprint density at radius 3 is 2.74 bits per heavy atom. The van der Waals surface area contributed by atoms with Gasteiger partial charge in [0, 0.05) is 19.3 Å². The molecule has 108 valence electrons. The minimum atomic E-state index is 0.757. The first-order valence-corrected chi connectivity index (χ1v) is 6.99. The number of aromatic nitrogens is 2. The van der Waals surface area contributed by atoms with Gasteiger partial charge >= 0.3 is 0 Å². The number of aryl methyl sites for hydroxylation is 1. The van der Waals surface area contributed by atoms with Crippen molar-refractivity contribution in [3.05, 3.63) is 29.1 Å². The highest BCUT2D eigenvalue weighted by Gasteiger charge is 2.11. The summed E-state index contributed by atoms with van der Waals surface area (Å²) in [6, 6.07) is 0. The fraction of sp³-hybridized carbons (Fsp3) is 0.667. The SMILES string of the molecule is C=C(CC)Cn1nc(C)c(CCNCCOC)c1C. The van der Waals surface area contributed by atoms with Gasteiger partial charge in [-0.1, -0.05) is 19.1 Å². The highest BCUT2D eigenvalue weighted by Crippen LogP contribution is 2.15. The molecule has 1 aromatic rings. The third kappa shape index (κ3) is 4.80. The zero-order valence-corrected chi connectivity index (χ0v) is 12.8. The van der Waals surface area contributed by atoms with Gasteiger partial charge in [0.1, 0.15) is 0 Å².